The number of hydrogen-bond acceptors (Lipinski definition) is 2. The summed E-state index contributed by atoms with van der Waals surface area (Å²) in [5.41, 5.74) is 0.0331. The Hall–Kier alpha value is -1.75. The maximum Gasteiger partial charge on any atom is 0.416 e. The van der Waals surface area contributed by atoms with Gasteiger partial charge in [0.2, 0.25) is 5.88 Å². The van der Waals surface area contributed by atoms with Crippen LogP contribution in [-0.4, -0.2) is 4.98 Å². The SMILES string of the molecule is Cc1cccc(Oc2cc(C(F)(F)F)cc(Cl)n2)c1. The van der Waals surface area contributed by atoms with Crippen LogP contribution < -0.4 is 4.74 Å². The molecule has 0 amide bonds. The van der Waals surface area contributed by atoms with Gasteiger partial charge in [-0.25, -0.2) is 4.98 Å². The monoisotopic (exact) mass is 287 g/mol. The molecule has 0 fully saturated rings. The zero-order chi connectivity index (χ0) is 14.0. The van der Waals surface area contributed by atoms with Crippen molar-refractivity contribution < 1.29 is 17.9 Å². The van der Waals surface area contributed by atoms with Gasteiger partial charge in [0.15, 0.2) is 0 Å². The van der Waals surface area contributed by atoms with Crippen LogP contribution in [0.3, 0.4) is 0 Å². The number of aryl methyl sites for hydroxylation is 1. The molecular weight excluding hydrogens is 279 g/mol. The molecule has 100 valence electrons. The maximum atomic E-state index is 12.6. The van der Waals surface area contributed by atoms with Crippen LogP contribution in [0.1, 0.15) is 11.1 Å². The van der Waals surface area contributed by atoms with Crippen molar-refractivity contribution in [2.75, 3.05) is 0 Å². The average Bonchev–Trinajstić information content (AvgIpc) is 2.26. The lowest BCUT2D eigenvalue weighted by Crippen LogP contribution is -2.05. The summed E-state index contributed by atoms with van der Waals surface area (Å²) in [6.07, 6.45) is -4.49. The van der Waals surface area contributed by atoms with Crippen molar-refractivity contribution in [2.45, 2.75) is 13.1 Å². The standard InChI is InChI=1S/C13H9ClF3NO/c1-8-3-2-4-10(5-8)19-12-7-9(13(15,16)17)6-11(14)18-12/h2-7H,1H3. The van der Waals surface area contributed by atoms with Gasteiger partial charge in [0.05, 0.1) is 5.56 Å². The molecule has 1 aromatic heterocycles. The molecule has 0 bridgehead atoms. The van der Waals surface area contributed by atoms with Gasteiger partial charge in [-0.3, -0.25) is 0 Å². The van der Waals surface area contributed by atoms with Crippen molar-refractivity contribution in [2.24, 2.45) is 0 Å². The first-order valence-corrected chi connectivity index (χ1v) is 5.72. The summed E-state index contributed by atoms with van der Waals surface area (Å²) < 4.78 is 43.1. The van der Waals surface area contributed by atoms with Crippen LogP contribution >= 0.6 is 11.6 Å². The smallest absolute Gasteiger partial charge is 0.416 e. The molecule has 0 aliphatic heterocycles. The zero-order valence-electron chi connectivity index (χ0n) is 9.83. The summed E-state index contributed by atoms with van der Waals surface area (Å²) in [7, 11) is 0. The number of rotatable bonds is 2. The molecule has 0 unspecified atom stereocenters. The normalized spacial score (nSPS) is 11.4. The van der Waals surface area contributed by atoms with Crippen LogP contribution in [0.4, 0.5) is 13.2 Å². The van der Waals surface area contributed by atoms with E-state index in [4.69, 9.17) is 16.3 Å². The number of benzene rings is 1. The molecule has 0 atom stereocenters. The number of hydrogen-bond donors (Lipinski definition) is 0. The fourth-order valence-electron chi connectivity index (χ4n) is 1.49. The Morgan fingerprint density at radius 1 is 1.16 bits per heavy atom. The largest absolute Gasteiger partial charge is 0.439 e. The van der Waals surface area contributed by atoms with Crippen LogP contribution in [0.5, 0.6) is 11.6 Å². The summed E-state index contributed by atoms with van der Waals surface area (Å²) >= 11 is 5.56. The van der Waals surface area contributed by atoms with Gasteiger partial charge in [-0.1, -0.05) is 23.7 Å². The Kier molecular flexibility index (Phi) is 3.66. The minimum absolute atomic E-state index is 0.189. The van der Waals surface area contributed by atoms with E-state index in [1.807, 2.05) is 13.0 Å². The van der Waals surface area contributed by atoms with Crippen molar-refractivity contribution in [1.29, 1.82) is 0 Å². The van der Waals surface area contributed by atoms with E-state index in [0.29, 0.717) is 5.75 Å². The Balaban J connectivity index is 2.33. The molecule has 0 radical (unpaired) electrons. The highest BCUT2D eigenvalue weighted by Gasteiger charge is 2.31. The first-order chi connectivity index (χ1) is 8.84. The summed E-state index contributed by atoms with van der Waals surface area (Å²) in [4.78, 5) is 3.72. The van der Waals surface area contributed by atoms with Crippen molar-refractivity contribution in [3.63, 3.8) is 0 Å². The summed E-state index contributed by atoms with van der Waals surface area (Å²) in [6, 6.07) is 8.47. The van der Waals surface area contributed by atoms with E-state index in [1.165, 1.54) is 0 Å². The molecule has 0 saturated carbocycles. The minimum atomic E-state index is -4.49. The van der Waals surface area contributed by atoms with Crippen molar-refractivity contribution in [3.05, 3.63) is 52.7 Å². The first kappa shape index (κ1) is 13.7. The highest BCUT2D eigenvalue weighted by molar-refractivity contribution is 6.29. The van der Waals surface area contributed by atoms with Crippen molar-refractivity contribution in [3.8, 4) is 11.6 Å². The van der Waals surface area contributed by atoms with Crippen LogP contribution in [0.25, 0.3) is 0 Å². The van der Waals surface area contributed by atoms with Crippen LogP contribution in [0.15, 0.2) is 36.4 Å². The second kappa shape index (κ2) is 5.09. The summed E-state index contributed by atoms with van der Waals surface area (Å²) in [5, 5.41) is -0.266. The molecule has 6 heteroatoms. The molecule has 0 spiro atoms. The van der Waals surface area contributed by atoms with Crippen LogP contribution in [0, 0.1) is 6.92 Å². The van der Waals surface area contributed by atoms with Gasteiger partial charge in [-0.2, -0.15) is 13.2 Å². The molecule has 0 saturated heterocycles. The molecule has 2 nitrogen and oxygen atoms in total. The first-order valence-electron chi connectivity index (χ1n) is 5.34. The highest BCUT2D eigenvalue weighted by atomic mass is 35.5. The third-order valence-corrected chi connectivity index (χ3v) is 2.50. The summed E-state index contributed by atoms with van der Waals surface area (Å²) in [6.45, 7) is 1.85. The molecule has 1 aromatic carbocycles. The Labute approximate surface area is 112 Å². The van der Waals surface area contributed by atoms with Gasteiger partial charge in [0, 0.05) is 6.07 Å². The molecule has 1 heterocycles. The number of alkyl halides is 3. The average molecular weight is 288 g/mol. The van der Waals surface area contributed by atoms with Gasteiger partial charge in [-0.05, 0) is 30.7 Å². The molecule has 2 aromatic rings. The van der Waals surface area contributed by atoms with Crippen molar-refractivity contribution >= 4 is 11.6 Å². The van der Waals surface area contributed by atoms with Crippen molar-refractivity contribution in [1.82, 2.24) is 4.98 Å². The van der Waals surface area contributed by atoms with Gasteiger partial charge >= 0.3 is 6.18 Å². The second-order valence-electron chi connectivity index (χ2n) is 3.93. The minimum Gasteiger partial charge on any atom is -0.439 e. The van der Waals surface area contributed by atoms with Gasteiger partial charge < -0.3 is 4.74 Å². The fourth-order valence-corrected chi connectivity index (χ4v) is 1.69. The van der Waals surface area contributed by atoms with Gasteiger partial charge in [-0.15, -0.1) is 0 Å². The van der Waals surface area contributed by atoms with E-state index in [-0.39, 0.29) is 11.0 Å². The van der Waals surface area contributed by atoms with E-state index >= 15 is 0 Å². The number of nitrogens with zero attached hydrogens (tertiary/aromatic N) is 1. The number of halogens is 4. The predicted octanol–water partition coefficient (Wildman–Crippen LogP) is 4.85. The van der Waals surface area contributed by atoms with E-state index in [2.05, 4.69) is 4.98 Å². The molecular formula is C13H9ClF3NO. The molecule has 0 aliphatic rings. The molecule has 19 heavy (non-hydrogen) atoms. The van der Waals surface area contributed by atoms with Gasteiger partial charge in [0.1, 0.15) is 10.9 Å². The highest BCUT2D eigenvalue weighted by Crippen LogP contribution is 2.33. The Morgan fingerprint density at radius 2 is 1.89 bits per heavy atom. The van der Waals surface area contributed by atoms with E-state index < -0.39 is 11.7 Å². The van der Waals surface area contributed by atoms with E-state index in [1.54, 1.807) is 18.2 Å². The summed E-state index contributed by atoms with van der Waals surface area (Å²) in [5.74, 6) is 0.216. The van der Waals surface area contributed by atoms with Crippen LogP contribution in [-0.2, 0) is 6.18 Å². The lowest BCUT2D eigenvalue weighted by Gasteiger charge is -2.10. The lowest BCUT2D eigenvalue weighted by molar-refractivity contribution is -0.137. The molecule has 0 aliphatic carbocycles. The number of aromatic nitrogens is 1. The van der Waals surface area contributed by atoms with E-state index in [9.17, 15) is 13.2 Å². The van der Waals surface area contributed by atoms with E-state index in [0.717, 1.165) is 17.7 Å². The Bertz CT molecular complexity index is 599. The van der Waals surface area contributed by atoms with Crippen LogP contribution in [0.2, 0.25) is 5.15 Å². The molecule has 2 rings (SSSR count). The predicted molar refractivity (Wildman–Crippen MR) is 65.5 cm³/mol. The third kappa shape index (κ3) is 3.61. The topological polar surface area (TPSA) is 22.1 Å². The molecule has 0 N–H and O–H groups in total. The Morgan fingerprint density at radius 3 is 2.53 bits per heavy atom. The zero-order valence-corrected chi connectivity index (χ0v) is 10.6. The quantitative estimate of drug-likeness (QED) is 0.736. The fraction of sp³-hybridized carbons (Fsp3) is 0.154. The lowest BCUT2D eigenvalue weighted by atomic mass is 10.2. The maximum absolute atomic E-state index is 12.6. The second-order valence-corrected chi connectivity index (χ2v) is 4.32. The number of pyridine rings is 1. The third-order valence-electron chi connectivity index (χ3n) is 2.31. The van der Waals surface area contributed by atoms with Gasteiger partial charge in [0.25, 0.3) is 0 Å². The number of ether oxygens (including phenoxy) is 1.